The predicted octanol–water partition coefficient (Wildman–Crippen LogP) is 1.45. The lowest BCUT2D eigenvalue weighted by Crippen LogP contribution is -2.41. The van der Waals surface area contributed by atoms with Crippen LogP contribution in [0.15, 0.2) is 12.2 Å². The highest BCUT2D eigenvalue weighted by molar-refractivity contribution is 6.09. The first kappa shape index (κ1) is 12.9. The van der Waals surface area contributed by atoms with Crippen molar-refractivity contribution in [3.8, 4) is 0 Å². The van der Waals surface area contributed by atoms with Crippen LogP contribution in [0.2, 0.25) is 6.04 Å². The Balaban J connectivity index is 3.66. The molecule has 0 aromatic carbocycles. The third kappa shape index (κ3) is 8.21. The molecule has 0 rings (SSSR count). The van der Waals surface area contributed by atoms with E-state index in [0.717, 1.165) is 19.1 Å². The highest BCUT2D eigenvalue weighted by atomic mass is 28.1. The Bertz CT molecular complexity index is 118. The number of hydrogen-bond donors (Lipinski definition) is 2. The van der Waals surface area contributed by atoms with E-state index in [-0.39, 0.29) is 0 Å². The van der Waals surface area contributed by atoms with Gasteiger partial charge >= 0.3 is 0 Å². The fraction of sp³-hybridized carbons (Fsp3) is 0.800. The molecule has 0 bridgehead atoms. The molecule has 0 aliphatic rings. The van der Waals surface area contributed by atoms with E-state index in [9.17, 15) is 0 Å². The quantitative estimate of drug-likeness (QED) is 0.350. The molecule has 0 heterocycles. The molecule has 0 aliphatic carbocycles. The summed E-state index contributed by atoms with van der Waals surface area (Å²) in [5.41, 5.74) is 0. The van der Waals surface area contributed by atoms with Gasteiger partial charge in [0.15, 0.2) is 0 Å². The topological polar surface area (TPSA) is 24.1 Å². The molecule has 0 aliphatic heterocycles. The molecular weight excluding hydrogens is 176 g/mol. The van der Waals surface area contributed by atoms with E-state index in [4.69, 9.17) is 0 Å². The average Bonchev–Trinajstić information content (AvgIpc) is 2.17. The highest BCUT2D eigenvalue weighted by Gasteiger charge is 1.99. The molecule has 0 spiro atoms. The Kier molecular flexibility index (Phi) is 9.87. The summed E-state index contributed by atoms with van der Waals surface area (Å²) in [6.07, 6.45) is 6.96. The summed E-state index contributed by atoms with van der Waals surface area (Å²) in [5, 5.41) is 6.84. The summed E-state index contributed by atoms with van der Waals surface area (Å²) in [4.78, 5) is 0. The summed E-state index contributed by atoms with van der Waals surface area (Å²) in [6.45, 7) is 6.48. The van der Waals surface area contributed by atoms with Gasteiger partial charge in [0.25, 0.3) is 0 Å². The molecule has 2 nitrogen and oxygen atoms in total. The van der Waals surface area contributed by atoms with Crippen LogP contribution in [-0.2, 0) is 0 Å². The molecule has 0 saturated carbocycles. The van der Waals surface area contributed by atoms with Gasteiger partial charge in [-0.25, -0.2) is 0 Å². The standard InChI is InChI=1S/C10H21N2Si/c1-3-7-11-10(6-5-9-13)12-8-4-2/h5-6,10-12H,3-4,7-9H2,1-2H3. The van der Waals surface area contributed by atoms with Gasteiger partial charge in [-0.2, -0.15) is 0 Å². The van der Waals surface area contributed by atoms with Gasteiger partial charge in [0.2, 0.25) is 0 Å². The lowest BCUT2D eigenvalue weighted by Gasteiger charge is -2.15. The second kappa shape index (κ2) is 9.96. The van der Waals surface area contributed by atoms with Crippen molar-refractivity contribution >= 4 is 10.2 Å². The zero-order chi connectivity index (χ0) is 9.94. The van der Waals surface area contributed by atoms with Crippen LogP contribution in [0.3, 0.4) is 0 Å². The molecule has 3 radical (unpaired) electrons. The summed E-state index contributed by atoms with van der Waals surface area (Å²) in [6, 6.07) is 0.915. The number of allylic oxidation sites excluding steroid dienone is 1. The first-order valence-electron chi connectivity index (χ1n) is 5.13. The minimum absolute atomic E-state index is 0.330. The van der Waals surface area contributed by atoms with Crippen LogP contribution in [0.1, 0.15) is 26.7 Å². The fourth-order valence-corrected chi connectivity index (χ4v) is 1.15. The van der Waals surface area contributed by atoms with E-state index in [1.54, 1.807) is 0 Å². The van der Waals surface area contributed by atoms with Gasteiger partial charge in [0.1, 0.15) is 0 Å². The molecule has 0 fully saturated rings. The van der Waals surface area contributed by atoms with Crippen molar-refractivity contribution in [2.45, 2.75) is 38.9 Å². The first-order valence-corrected chi connectivity index (χ1v) is 5.83. The second-order valence-corrected chi connectivity index (χ2v) is 3.43. The van der Waals surface area contributed by atoms with Gasteiger partial charge in [0, 0.05) is 10.2 Å². The third-order valence-corrected chi connectivity index (χ3v) is 1.91. The van der Waals surface area contributed by atoms with Crippen LogP contribution >= 0.6 is 0 Å². The van der Waals surface area contributed by atoms with E-state index in [1.807, 2.05) is 0 Å². The van der Waals surface area contributed by atoms with Crippen LogP contribution in [-0.4, -0.2) is 29.5 Å². The average molecular weight is 197 g/mol. The Morgan fingerprint density at radius 1 is 1.15 bits per heavy atom. The van der Waals surface area contributed by atoms with Crippen LogP contribution in [0, 0.1) is 0 Å². The Morgan fingerprint density at radius 3 is 2.08 bits per heavy atom. The SMILES string of the molecule is CCCNC(C=CC[Si])NCCC. The van der Waals surface area contributed by atoms with Gasteiger partial charge in [-0.3, -0.25) is 10.6 Å². The Labute approximate surface area is 85.6 Å². The summed E-state index contributed by atoms with van der Waals surface area (Å²) >= 11 is 0. The van der Waals surface area contributed by atoms with Gasteiger partial charge in [-0.05, 0) is 32.0 Å². The fourth-order valence-electron chi connectivity index (χ4n) is 1.01. The first-order chi connectivity index (χ1) is 6.35. The normalized spacial score (nSPS) is 11.7. The second-order valence-electron chi connectivity index (χ2n) is 3.02. The van der Waals surface area contributed by atoms with Gasteiger partial charge in [-0.1, -0.05) is 26.0 Å². The minimum Gasteiger partial charge on any atom is -0.299 e. The molecule has 2 N–H and O–H groups in total. The maximum atomic E-state index is 3.42. The van der Waals surface area contributed by atoms with Gasteiger partial charge in [-0.15, -0.1) is 0 Å². The lowest BCUT2D eigenvalue weighted by molar-refractivity contribution is 0.491. The Morgan fingerprint density at radius 2 is 1.69 bits per heavy atom. The zero-order valence-electron chi connectivity index (χ0n) is 8.77. The molecule has 0 saturated heterocycles. The van der Waals surface area contributed by atoms with Crippen LogP contribution in [0.5, 0.6) is 0 Å². The van der Waals surface area contributed by atoms with Crippen molar-refractivity contribution in [3.63, 3.8) is 0 Å². The minimum atomic E-state index is 0.330. The van der Waals surface area contributed by atoms with E-state index >= 15 is 0 Å². The van der Waals surface area contributed by atoms with Crippen LogP contribution in [0.4, 0.5) is 0 Å². The molecule has 0 atom stereocenters. The van der Waals surface area contributed by atoms with Crippen molar-refractivity contribution < 1.29 is 0 Å². The van der Waals surface area contributed by atoms with Crippen molar-refractivity contribution in [3.05, 3.63) is 12.2 Å². The van der Waals surface area contributed by atoms with Crippen molar-refractivity contribution in [2.75, 3.05) is 13.1 Å². The molecule has 0 unspecified atom stereocenters. The monoisotopic (exact) mass is 197 g/mol. The predicted molar refractivity (Wildman–Crippen MR) is 60.1 cm³/mol. The molecule has 75 valence electrons. The largest absolute Gasteiger partial charge is 0.299 e. The smallest absolute Gasteiger partial charge is 0.0764 e. The van der Waals surface area contributed by atoms with Gasteiger partial charge in [0.05, 0.1) is 6.17 Å². The van der Waals surface area contributed by atoms with Crippen molar-refractivity contribution in [1.82, 2.24) is 10.6 Å². The highest BCUT2D eigenvalue weighted by Crippen LogP contribution is 1.86. The Hall–Kier alpha value is -0.123. The molecule has 0 aromatic heterocycles. The maximum absolute atomic E-state index is 3.42. The van der Waals surface area contributed by atoms with Crippen LogP contribution < -0.4 is 10.6 Å². The van der Waals surface area contributed by atoms with E-state index in [1.165, 1.54) is 12.8 Å². The van der Waals surface area contributed by atoms with Crippen molar-refractivity contribution in [2.24, 2.45) is 0 Å². The maximum Gasteiger partial charge on any atom is 0.0764 e. The van der Waals surface area contributed by atoms with Gasteiger partial charge < -0.3 is 0 Å². The molecular formula is C10H21N2Si. The molecule has 0 aromatic rings. The summed E-state index contributed by atoms with van der Waals surface area (Å²) in [7, 11) is 3.42. The third-order valence-electron chi connectivity index (χ3n) is 1.67. The van der Waals surface area contributed by atoms with E-state index < -0.39 is 0 Å². The van der Waals surface area contributed by atoms with E-state index in [0.29, 0.717) is 6.17 Å². The lowest BCUT2D eigenvalue weighted by atomic mass is 10.3. The summed E-state index contributed by atoms with van der Waals surface area (Å²) in [5.74, 6) is 0. The molecule has 13 heavy (non-hydrogen) atoms. The number of hydrogen-bond acceptors (Lipinski definition) is 2. The summed E-state index contributed by atoms with van der Waals surface area (Å²) < 4.78 is 0. The number of rotatable bonds is 8. The van der Waals surface area contributed by atoms with Crippen molar-refractivity contribution in [1.29, 1.82) is 0 Å². The number of nitrogens with one attached hydrogen (secondary N) is 2. The zero-order valence-corrected chi connectivity index (χ0v) is 9.77. The molecule has 0 amide bonds. The van der Waals surface area contributed by atoms with E-state index in [2.05, 4.69) is 46.9 Å². The molecule has 3 heteroatoms. The van der Waals surface area contributed by atoms with Crippen LogP contribution in [0.25, 0.3) is 0 Å².